The Morgan fingerprint density at radius 1 is 1.27 bits per heavy atom. The lowest BCUT2D eigenvalue weighted by molar-refractivity contribution is 0.0930. The number of nitrogens with zero attached hydrogens (tertiary/aromatic N) is 4. The second kappa shape index (κ2) is 6.20. The SMILES string of the molecule is Cc1cc(C(=O)N[C@@H](c2ncnn2C)C2CC2)c2ccc(C)c(C)c2n1. The maximum atomic E-state index is 13.2. The van der Waals surface area contributed by atoms with Crippen LogP contribution in [0.5, 0.6) is 0 Å². The van der Waals surface area contributed by atoms with Gasteiger partial charge in [-0.25, -0.2) is 4.98 Å². The zero-order valence-corrected chi connectivity index (χ0v) is 15.6. The van der Waals surface area contributed by atoms with Crippen molar-refractivity contribution in [3.05, 3.63) is 52.7 Å². The Kier molecular flexibility index (Phi) is 3.98. The maximum absolute atomic E-state index is 13.2. The van der Waals surface area contributed by atoms with Gasteiger partial charge in [0.2, 0.25) is 0 Å². The van der Waals surface area contributed by atoms with Gasteiger partial charge in [0, 0.05) is 18.1 Å². The van der Waals surface area contributed by atoms with E-state index in [2.05, 4.69) is 34.2 Å². The van der Waals surface area contributed by atoms with E-state index in [1.165, 1.54) is 11.9 Å². The van der Waals surface area contributed by atoms with Crippen molar-refractivity contribution in [1.29, 1.82) is 0 Å². The van der Waals surface area contributed by atoms with Crippen LogP contribution >= 0.6 is 0 Å². The molecule has 1 aliphatic rings. The van der Waals surface area contributed by atoms with E-state index >= 15 is 0 Å². The smallest absolute Gasteiger partial charge is 0.252 e. The molecule has 2 heterocycles. The number of amides is 1. The van der Waals surface area contributed by atoms with E-state index in [-0.39, 0.29) is 11.9 Å². The predicted molar refractivity (Wildman–Crippen MR) is 99.9 cm³/mol. The molecule has 1 amide bonds. The second-order valence-electron chi connectivity index (χ2n) is 7.25. The molecule has 0 bridgehead atoms. The number of pyridine rings is 1. The van der Waals surface area contributed by atoms with Crippen LogP contribution in [0.3, 0.4) is 0 Å². The molecule has 0 saturated heterocycles. The molecule has 1 fully saturated rings. The third-order valence-corrected chi connectivity index (χ3v) is 5.28. The second-order valence-corrected chi connectivity index (χ2v) is 7.25. The van der Waals surface area contributed by atoms with Gasteiger partial charge >= 0.3 is 0 Å². The van der Waals surface area contributed by atoms with Gasteiger partial charge in [-0.3, -0.25) is 14.5 Å². The maximum Gasteiger partial charge on any atom is 0.252 e. The van der Waals surface area contributed by atoms with Gasteiger partial charge in [-0.1, -0.05) is 12.1 Å². The third kappa shape index (κ3) is 2.85. The lowest BCUT2D eigenvalue weighted by Crippen LogP contribution is -2.32. The molecule has 3 aromatic rings. The summed E-state index contributed by atoms with van der Waals surface area (Å²) in [5, 5.41) is 8.25. The summed E-state index contributed by atoms with van der Waals surface area (Å²) in [5.41, 5.74) is 4.71. The molecule has 0 aliphatic heterocycles. The third-order valence-electron chi connectivity index (χ3n) is 5.28. The number of carbonyl (C=O) groups excluding carboxylic acids is 1. The normalized spacial score (nSPS) is 15.2. The van der Waals surface area contributed by atoms with Gasteiger partial charge in [-0.15, -0.1) is 0 Å². The fourth-order valence-corrected chi connectivity index (χ4v) is 3.47. The van der Waals surface area contributed by atoms with Crippen molar-refractivity contribution in [2.45, 2.75) is 39.7 Å². The molecule has 1 saturated carbocycles. The molecule has 0 unspecified atom stereocenters. The van der Waals surface area contributed by atoms with Crippen LogP contribution in [-0.2, 0) is 7.05 Å². The minimum absolute atomic E-state index is 0.0800. The van der Waals surface area contributed by atoms with Crippen LogP contribution in [0.15, 0.2) is 24.5 Å². The van der Waals surface area contributed by atoms with E-state index in [0.717, 1.165) is 40.8 Å². The molecule has 26 heavy (non-hydrogen) atoms. The minimum Gasteiger partial charge on any atom is -0.342 e. The number of benzene rings is 1. The summed E-state index contributed by atoms with van der Waals surface area (Å²) < 4.78 is 1.74. The van der Waals surface area contributed by atoms with E-state index in [1.807, 2.05) is 32.2 Å². The van der Waals surface area contributed by atoms with Crippen LogP contribution in [-0.4, -0.2) is 25.7 Å². The topological polar surface area (TPSA) is 72.7 Å². The Labute approximate surface area is 152 Å². The summed E-state index contributed by atoms with van der Waals surface area (Å²) in [6.07, 6.45) is 3.74. The standard InChI is InChI=1S/C20H23N5O/c1-11-5-8-15-16(9-12(2)23-17(15)13(11)3)20(26)24-18(14-6-7-14)19-21-10-22-25(19)4/h5,8-10,14,18H,6-7H2,1-4H3,(H,24,26)/t18-/m1/s1. The van der Waals surface area contributed by atoms with E-state index in [4.69, 9.17) is 0 Å². The molecular formula is C20H23N5O. The Bertz CT molecular complexity index is 1000. The van der Waals surface area contributed by atoms with Crippen LogP contribution < -0.4 is 5.32 Å². The highest BCUT2D eigenvalue weighted by atomic mass is 16.1. The number of hydrogen-bond acceptors (Lipinski definition) is 4. The average molecular weight is 349 g/mol. The van der Waals surface area contributed by atoms with Crippen LogP contribution in [0.1, 0.15) is 51.9 Å². The van der Waals surface area contributed by atoms with E-state index < -0.39 is 0 Å². The largest absolute Gasteiger partial charge is 0.342 e. The molecular weight excluding hydrogens is 326 g/mol. The first-order valence-electron chi connectivity index (χ1n) is 8.98. The van der Waals surface area contributed by atoms with Gasteiger partial charge < -0.3 is 5.32 Å². The van der Waals surface area contributed by atoms with Crippen LogP contribution in [0.25, 0.3) is 10.9 Å². The Morgan fingerprint density at radius 3 is 2.69 bits per heavy atom. The predicted octanol–water partition coefficient (Wildman–Crippen LogP) is 3.17. The number of aryl methyl sites for hydroxylation is 4. The van der Waals surface area contributed by atoms with Crippen LogP contribution in [0.4, 0.5) is 0 Å². The molecule has 6 nitrogen and oxygen atoms in total. The lowest BCUT2D eigenvalue weighted by Gasteiger charge is -2.18. The molecule has 4 rings (SSSR count). The van der Waals surface area contributed by atoms with Crippen LogP contribution in [0.2, 0.25) is 0 Å². The fourth-order valence-electron chi connectivity index (χ4n) is 3.47. The number of carbonyl (C=O) groups is 1. The fraction of sp³-hybridized carbons (Fsp3) is 0.400. The van der Waals surface area contributed by atoms with Gasteiger partial charge in [0.1, 0.15) is 12.2 Å². The summed E-state index contributed by atoms with van der Waals surface area (Å²) in [6, 6.07) is 5.80. The Hall–Kier alpha value is -2.76. The molecule has 0 spiro atoms. The number of aromatic nitrogens is 4. The van der Waals surface area contributed by atoms with Crippen molar-refractivity contribution in [1.82, 2.24) is 25.1 Å². The molecule has 1 aliphatic carbocycles. The molecule has 1 N–H and O–H groups in total. The summed E-state index contributed by atoms with van der Waals surface area (Å²) in [5.74, 6) is 1.16. The van der Waals surface area contributed by atoms with Crippen molar-refractivity contribution < 1.29 is 4.79 Å². The monoisotopic (exact) mass is 349 g/mol. The van der Waals surface area contributed by atoms with Crippen LogP contribution in [0, 0.1) is 26.7 Å². The summed E-state index contributed by atoms with van der Waals surface area (Å²) in [6.45, 7) is 6.05. The van der Waals surface area contributed by atoms with Crippen molar-refractivity contribution >= 4 is 16.8 Å². The van der Waals surface area contributed by atoms with Gasteiger partial charge in [0.25, 0.3) is 5.91 Å². The first-order chi connectivity index (χ1) is 12.5. The molecule has 0 radical (unpaired) electrons. The van der Waals surface area contributed by atoms with Gasteiger partial charge in [-0.05, 0) is 56.7 Å². The van der Waals surface area contributed by atoms with Crippen molar-refractivity contribution in [2.24, 2.45) is 13.0 Å². The Balaban J connectivity index is 1.74. The number of nitrogens with one attached hydrogen (secondary N) is 1. The summed E-state index contributed by atoms with van der Waals surface area (Å²) >= 11 is 0. The van der Waals surface area contributed by atoms with E-state index in [9.17, 15) is 4.79 Å². The summed E-state index contributed by atoms with van der Waals surface area (Å²) in [4.78, 5) is 22.2. The van der Waals surface area contributed by atoms with Gasteiger partial charge in [0.05, 0.1) is 17.1 Å². The van der Waals surface area contributed by atoms with E-state index in [1.54, 1.807) is 4.68 Å². The first-order valence-corrected chi connectivity index (χ1v) is 8.98. The van der Waals surface area contributed by atoms with Crippen molar-refractivity contribution in [2.75, 3.05) is 0 Å². The number of rotatable bonds is 4. The quantitative estimate of drug-likeness (QED) is 0.785. The first kappa shape index (κ1) is 16.7. The number of fused-ring (bicyclic) bond motifs is 1. The molecule has 1 atom stereocenters. The Morgan fingerprint density at radius 2 is 2.04 bits per heavy atom. The highest BCUT2D eigenvalue weighted by Crippen LogP contribution is 2.40. The minimum atomic E-state index is -0.106. The van der Waals surface area contributed by atoms with Gasteiger partial charge in [0.15, 0.2) is 0 Å². The van der Waals surface area contributed by atoms with Crippen molar-refractivity contribution in [3.63, 3.8) is 0 Å². The zero-order valence-electron chi connectivity index (χ0n) is 15.6. The molecule has 134 valence electrons. The average Bonchev–Trinajstić information content (AvgIpc) is 3.37. The zero-order chi connectivity index (χ0) is 18.4. The number of hydrogen-bond donors (Lipinski definition) is 1. The summed E-state index contributed by atoms with van der Waals surface area (Å²) in [7, 11) is 1.86. The molecule has 2 aromatic heterocycles. The highest BCUT2D eigenvalue weighted by Gasteiger charge is 2.36. The highest BCUT2D eigenvalue weighted by molar-refractivity contribution is 6.07. The molecule has 6 heteroatoms. The van der Waals surface area contributed by atoms with Crippen molar-refractivity contribution in [3.8, 4) is 0 Å². The lowest BCUT2D eigenvalue weighted by atomic mass is 10.00. The van der Waals surface area contributed by atoms with E-state index in [0.29, 0.717) is 11.5 Å². The molecule has 1 aromatic carbocycles. The van der Waals surface area contributed by atoms with Gasteiger partial charge in [-0.2, -0.15) is 5.10 Å².